The third kappa shape index (κ3) is 5.13. The number of benzene rings is 9. The number of hydrogen-bond donors (Lipinski definition) is 0. The van der Waals surface area contributed by atoms with E-state index in [4.69, 9.17) is 27.7 Å². The first-order valence-corrected chi connectivity index (χ1v) is 22.9. The van der Waals surface area contributed by atoms with Crippen molar-refractivity contribution in [3.63, 3.8) is 0 Å². The van der Waals surface area contributed by atoms with Gasteiger partial charge in [-0.1, -0.05) is 133 Å². The summed E-state index contributed by atoms with van der Waals surface area (Å²) >= 11 is 0. The molecule has 324 valence electrons. The van der Waals surface area contributed by atoms with E-state index in [1.54, 1.807) is 24.5 Å². The fourth-order valence-electron chi connectivity index (χ4n) is 11.6. The Balaban J connectivity index is 1.03. The molecule has 2 aliphatic heterocycles. The molecule has 0 amide bonds. The number of ether oxygens (including phenoxy) is 2. The van der Waals surface area contributed by atoms with Crippen LogP contribution < -0.4 is 9.47 Å². The predicted octanol–water partition coefficient (Wildman–Crippen LogP) is 15.1. The molecule has 7 nitrogen and oxygen atoms in total. The van der Waals surface area contributed by atoms with Crippen LogP contribution in [0.5, 0.6) is 23.0 Å². The van der Waals surface area contributed by atoms with E-state index >= 15 is 0 Å². The molecule has 69 heavy (non-hydrogen) atoms. The predicted molar refractivity (Wildman–Crippen MR) is 274 cm³/mol. The zero-order valence-electron chi connectivity index (χ0n) is 42.6. The van der Waals surface area contributed by atoms with Crippen molar-refractivity contribution < 1.29 is 17.7 Å². The van der Waals surface area contributed by atoms with Crippen molar-refractivity contribution in [3.8, 4) is 84.5 Å². The van der Waals surface area contributed by atoms with E-state index in [-0.39, 0.29) is 16.9 Å². The second-order valence-corrected chi connectivity index (χ2v) is 17.9. The Hall–Kier alpha value is -9.07. The summed E-state index contributed by atoms with van der Waals surface area (Å²) in [6, 6.07) is 61.4. The molecular formula is C62H39N5O2. The van der Waals surface area contributed by atoms with Crippen LogP contribution in [-0.2, 0) is 5.41 Å². The van der Waals surface area contributed by atoms with Gasteiger partial charge in [-0.15, -0.1) is 0 Å². The van der Waals surface area contributed by atoms with E-state index in [2.05, 4.69) is 80.7 Å². The molecule has 0 fully saturated rings. The molecule has 1 spiro atoms. The zero-order chi connectivity index (χ0) is 50.5. The first kappa shape index (κ1) is 32.6. The molecule has 0 saturated heterocycles. The highest BCUT2D eigenvalue weighted by atomic mass is 16.5. The van der Waals surface area contributed by atoms with Gasteiger partial charge in [0.05, 0.1) is 38.9 Å². The molecule has 3 aliphatic rings. The van der Waals surface area contributed by atoms with Gasteiger partial charge in [0, 0.05) is 59.4 Å². The van der Waals surface area contributed by atoms with Gasteiger partial charge in [-0.3, -0.25) is 8.97 Å². The van der Waals surface area contributed by atoms with Crippen molar-refractivity contribution >= 4 is 27.8 Å². The smallest absolute Gasteiger partial charge is 0.220 e. The first-order chi connectivity index (χ1) is 36.5. The van der Waals surface area contributed by atoms with Gasteiger partial charge >= 0.3 is 0 Å². The summed E-state index contributed by atoms with van der Waals surface area (Å²) in [4.78, 5) is 14.4. The Labute approximate surface area is 405 Å². The van der Waals surface area contributed by atoms with E-state index in [9.17, 15) is 0 Å². The minimum absolute atomic E-state index is 0.0795. The largest absolute Gasteiger partial charge is 0.457 e. The molecule has 7 heteroatoms. The van der Waals surface area contributed by atoms with Gasteiger partial charge < -0.3 is 9.47 Å². The molecule has 5 heterocycles. The fourth-order valence-corrected chi connectivity index (χ4v) is 11.6. The SMILES string of the molecule is [2H]C([2H])([2H])c1ccc2c(c1)Oc1c(ccc(C([2H])([2H])[2H])c1-c1ccc3c(c1)-c1ccccc1-c1ncncc1-c1ccccc1-3)C21c2ccccc2Oc2cc(-n3c4ccccc4n4c5ccccc5nc34)ccc21. The lowest BCUT2D eigenvalue weighted by Crippen LogP contribution is -2.37. The number of aryl methyl sites for hydroxylation is 2. The van der Waals surface area contributed by atoms with E-state index in [0.717, 1.165) is 89.3 Å². The lowest BCUT2D eigenvalue weighted by molar-refractivity contribution is 0.399. The maximum absolute atomic E-state index is 9.16. The first-order valence-electron chi connectivity index (χ1n) is 25.9. The minimum atomic E-state index is -2.62. The maximum Gasteiger partial charge on any atom is 0.220 e. The van der Waals surface area contributed by atoms with Crippen molar-refractivity contribution in [2.45, 2.75) is 19.1 Å². The van der Waals surface area contributed by atoms with Gasteiger partial charge in [0.1, 0.15) is 29.3 Å². The number of imidazole rings is 2. The molecule has 0 saturated carbocycles. The molecule has 1 unspecified atom stereocenters. The van der Waals surface area contributed by atoms with Gasteiger partial charge in [-0.2, -0.15) is 0 Å². The van der Waals surface area contributed by atoms with Gasteiger partial charge in [0.25, 0.3) is 0 Å². The molecule has 15 rings (SSSR count). The summed E-state index contributed by atoms with van der Waals surface area (Å²) in [6.07, 6.45) is 3.42. The summed E-state index contributed by atoms with van der Waals surface area (Å²) in [7, 11) is 0. The number of hydrogen-bond acceptors (Lipinski definition) is 5. The molecule has 1 aliphatic carbocycles. The highest BCUT2D eigenvalue weighted by molar-refractivity contribution is 6.03. The van der Waals surface area contributed by atoms with Crippen LogP contribution in [0.15, 0.2) is 201 Å². The lowest BCUT2D eigenvalue weighted by atomic mass is 9.61. The molecule has 0 bridgehead atoms. The molecule has 0 N–H and O–H groups in total. The van der Waals surface area contributed by atoms with Crippen LogP contribution >= 0.6 is 0 Å². The Morgan fingerprint density at radius 3 is 2.04 bits per heavy atom. The van der Waals surface area contributed by atoms with Crippen LogP contribution in [-0.4, -0.2) is 23.9 Å². The van der Waals surface area contributed by atoms with Crippen LogP contribution in [0, 0.1) is 13.7 Å². The topological polar surface area (TPSA) is 66.5 Å². The zero-order valence-corrected chi connectivity index (χ0v) is 36.6. The molecular weight excluding hydrogens is 847 g/mol. The van der Waals surface area contributed by atoms with Crippen molar-refractivity contribution in [3.05, 3.63) is 234 Å². The van der Waals surface area contributed by atoms with Gasteiger partial charge in [0.15, 0.2) is 0 Å². The fraction of sp³-hybridized carbons (Fsp3) is 0.0484. The number of aromatic nitrogens is 5. The van der Waals surface area contributed by atoms with Gasteiger partial charge in [0.2, 0.25) is 5.78 Å². The van der Waals surface area contributed by atoms with Crippen LogP contribution in [0.3, 0.4) is 0 Å². The molecule has 1 atom stereocenters. The summed E-state index contributed by atoms with van der Waals surface area (Å²) in [5, 5.41) is 0. The van der Waals surface area contributed by atoms with E-state index in [1.165, 1.54) is 0 Å². The molecule has 3 aromatic heterocycles. The average molecular weight is 892 g/mol. The lowest BCUT2D eigenvalue weighted by Gasteiger charge is -2.45. The Kier molecular flexibility index (Phi) is 6.60. The van der Waals surface area contributed by atoms with Gasteiger partial charge in [-0.25, -0.2) is 15.0 Å². The Morgan fingerprint density at radius 2 is 1.19 bits per heavy atom. The van der Waals surface area contributed by atoms with Crippen LogP contribution in [0.1, 0.15) is 41.6 Å². The number of rotatable bonds is 2. The van der Waals surface area contributed by atoms with Crippen molar-refractivity contribution in [1.82, 2.24) is 23.9 Å². The second-order valence-electron chi connectivity index (χ2n) is 17.9. The molecule has 9 aromatic carbocycles. The Bertz CT molecular complexity index is 4430. The van der Waals surface area contributed by atoms with Crippen molar-refractivity contribution in [2.75, 3.05) is 0 Å². The summed E-state index contributed by atoms with van der Waals surface area (Å²) in [6.45, 7) is -5.10. The Morgan fingerprint density at radius 1 is 0.507 bits per heavy atom. The highest BCUT2D eigenvalue weighted by Gasteiger charge is 2.51. The van der Waals surface area contributed by atoms with E-state index < -0.39 is 19.1 Å². The maximum atomic E-state index is 9.16. The summed E-state index contributed by atoms with van der Waals surface area (Å²) in [5.41, 5.74) is 14.7. The summed E-state index contributed by atoms with van der Waals surface area (Å²) in [5.74, 6) is 2.46. The van der Waals surface area contributed by atoms with Crippen molar-refractivity contribution in [1.29, 1.82) is 0 Å². The van der Waals surface area contributed by atoms with Crippen LogP contribution in [0.2, 0.25) is 0 Å². The summed E-state index contributed by atoms with van der Waals surface area (Å²) < 4.78 is 71.8. The monoisotopic (exact) mass is 891 g/mol. The van der Waals surface area contributed by atoms with Crippen molar-refractivity contribution in [2.24, 2.45) is 0 Å². The number of para-hydroxylation sites is 5. The van der Waals surface area contributed by atoms with E-state index in [0.29, 0.717) is 39.5 Å². The minimum Gasteiger partial charge on any atom is -0.457 e. The molecule has 0 radical (unpaired) electrons. The molecule has 12 aromatic rings. The van der Waals surface area contributed by atoms with Crippen LogP contribution in [0.4, 0.5) is 0 Å². The average Bonchev–Trinajstić information content (AvgIpc) is 3.97. The third-order valence-corrected chi connectivity index (χ3v) is 14.4. The third-order valence-electron chi connectivity index (χ3n) is 14.4. The number of fused-ring (bicyclic) bond motifs is 21. The quantitative estimate of drug-likeness (QED) is 0.173. The normalized spacial score (nSPS) is 16.5. The second kappa shape index (κ2) is 14.0. The highest BCUT2D eigenvalue weighted by Crippen LogP contribution is 2.63. The van der Waals surface area contributed by atoms with Crippen LogP contribution in [0.25, 0.3) is 89.3 Å². The van der Waals surface area contributed by atoms with E-state index in [1.807, 2.05) is 109 Å². The van der Waals surface area contributed by atoms with Gasteiger partial charge in [-0.05, 0) is 107 Å². The number of nitrogens with zero attached hydrogens (tertiary/aromatic N) is 5. The standard InChI is InChI=1S/C62H39N5O2/c1-36-23-28-48-56(31-36)69-60-50(29-24-37(2)58(60)38-25-27-43-40-13-3-4-14-41(40)46-34-63-35-64-59(46)44-16-6-5-15-42(44)45(43)32-38)62(48)47-17-7-12-22-55(47)68-57-33-39(26-30-49(57)62)66-53-20-10-11-21-54(53)67-52-19-9-8-18-51(52)65-61(66)67/h3-35H,1-2H3/i1D3,2D3.